The standard InChI is InChI=1S/C16H25N3O2.ClH/c1-2-19-11-13(6-7-15(19)21)18-14(20)10-16(12-17)8-4-3-5-9-16;/h6-7,11H,2-5,8-10,12,17H2,1H3,(H,18,20);1H. The Morgan fingerprint density at radius 3 is 2.59 bits per heavy atom. The summed E-state index contributed by atoms with van der Waals surface area (Å²) in [5, 5.41) is 2.90. The molecule has 22 heavy (non-hydrogen) atoms. The SMILES string of the molecule is CCn1cc(NC(=O)CC2(CN)CCCCC2)ccc1=O.Cl. The van der Waals surface area contributed by atoms with Gasteiger partial charge in [-0.25, -0.2) is 0 Å². The van der Waals surface area contributed by atoms with Gasteiger partial charge in [0.1, 0.15) is 0 Å². The van der Waals surface area contributed by atoms with Gasteiger partial charge in [-0.3, -0.25) is 9.59 Å². The van der Waals surface area contributed by atoms with Crippen LogP contribution in [0.2, 0.25) is 0 Å². The smallest absolute Gasteiger partial charge is 0.250 e. The maximum Gasteiger partial charge on any atom is 0.250 e. The van der Waals surface area contributed by atoms with Crippen molar-refractivity contribution in [2.45, 2.75) is 52.0 Å². The number of carbonyl (C=O) groups is 1. The molecule has 0 aliphatic heterocycles. The average Bonchev–Trinajstić information content (AvgIpc) is 2.50. The molecule has 0 spiro atoms. The van der Waals surface area contributed by atoms with Crippen LogP contribution in [0.15, 0.2) is 23.1 Å². The number of nitrogens with one attached hydrogen (secondary N) is 1. The molecule has 0 saturated heterocycles. The third-order valence-electron chi connectivity index (χ3n) is 4.49. The van der Waals surface area contributed by atoms with E-state index in [0.29, 0.717) is 25.2 Å². The maximum absolute atomic E-state index is 12.3. The highest BCUT2D eigenvalue weighted by molar-refractivity contribution is 5.91. The molecule has 1 aliphatic carbocycles. The molecule has 2 rings (SSSR count). The number of hydrogen-bond acceptors (Lipinski definition) is 3. The van der Waals surface area contributed by atoms with Gasteiger partial charge < -0.3 is 15.6 Å². The molecule has 0 unspecified atom stereocenters. The number of rotatable bonds is 5. The fourth-order valence-corrected chi connectivity index (χ4v) is 3.15. The molecule has 0 aromatic carbocycles. The first-order chi connectivity index (χ1) is 10.1. The van der Waals surface area contributed by atoms with Crippen molar-refractivity contribution < 1.29 is 4.79 Å². The zero-order valence-corrected chi connectivity index (χ0v) is 14.0. The van der Waals surface area contributed by atoms with Crippen LogP contribution in [0.4, 0.5) is 5.69 Å². The molecule has 5 nitrogen and oxygen atoms in total. The molecule has 3 N–H and O–H groups in total. The van der Waals surface area contributed by atoms with Crippen LogP contribution in [0.5, 0.6) is 0 Å². The quantitative estimate of drug-likeness (QED) is 0.872. The Hall–Kier alpha value is -1.33. The minimum absolute atomic E-state index is 0. The van der Waals surface area contributed by atoms with E-state index in [1.165, 1.54) is 12.5 Å². The van der Waals surface area contributed by atoms with Crippen LogP contribution in [0.1, 0.15) is 45.4 Å². The second-order valence-corrected chi connectivity index (χ2v) is 6.03. The van der Waals surface area contributed by atoms with Gasteiger partial charge in [-0.15, -0.1) is 12.4 Å². The van der Waals surface area contributed by atoms with Crippen LogP contribution in [0.3, 0.4) is 0 Å². The van der Waals surface area contributed by atoms with Gasteiger partial charge in [-0.05, 0) is 37.8 Å². The highest BCUT2D eigenvalue weighted by Crippen LogP contribution is 2.38. The number of hydrogen-bond donors (Lipinski definition) is 2. The van der Waals surface area contributed by atoms with Gasteiger partial charge in [-0.1, -0.05) is 19.3 Å². The molecule has 1 aromatic heterocycles. The second-order valence-electron chi connectivity index (χ2n) is 6.03. The summed E-state index contributed by atoms with van der Waals surface area (Å²) in [7, 11) is 0. The summed E-state index contributed by atoms with van der Waals surface area (Å²) in [5.41, 5.74) is 6.50. The van der Waals surface area contributed by atoms with Gasteiger partial charge in [0, 0.05) is 25.2 Å². The lowest BCUT2D eigenvalue weighted by Crippen LogP contribution is -2.36. The van der Waals surface area contributed by atoms with Crippen molar-refractivity contribution in [3.05, 3.63) is 28.7 Å². The number of nitrogens with two attached hydrogens (primary N) is 1. The van der Waals surface area contributed by atoms with E-state index >= 15 is 0 Å². The van der Waals surface area contributed by atoms with Crippen molar-refractivity contribution in [1.82, 2.24) is 4.57 Å². The minimum atomic E-state index is -0.0544. The van der Waals surface area contributed by atoms with Gasteiger partial charge in [0.15, 0.2) is 0 Å². The first-order valence-corrected chi connectivity index (χ1v) is 7.79. The molecular weight excluding hydrogens is 302 g/mol. The van der Waals surface area contributed by atoms with Crippen molar-refractivity contribution in [3.8, 4) is 0 Å². The van der Waals surface area contributed by atoms with Gasteiger partial charge in [0.25, 0.3) is 5.56 Å². The molecular formula is C16H26ClN3O2. The predicted molar refractivity (Wildman–Crippen MR) is 91.4 cm³/mol. The number of carbonyl (C=O) groups excluding carboxylic acids is 1. The first-order valence-electron chi connectivity index (χ1n) is 7.79. The average molecular weight is 328 g/mol. The largest absolute Gasteiger partial charge is 0.330 e. The zero-order valence-electron chi connectivity index (χ0n) is 13.1. The van der Waals surface area contributed by atoms with E-state index in [9.17, 15) is 9.59 Å². The van der Waals surface area contributed by atoms with Crippen LogP contribution in [0.25, 0.3) is 0 Å². The van der Waals surface area contributed by atoms with Crippen molar-refractivity contribution in [2.75, 3.05) is 11.9 Å². The Kier molecular flexibility index (Phi) is 7.10. The van der Waals surface area contributed by atoms with E-state index in [-0.39, 0.29) is 29.3 Å². The fourth-order valence-electron chi connectivity index (χ4n) is 3.15. The van der Waals surface area contributed by atoms with Crippen LogP contribution in [0, 0.1) is 5.41 Å². The Labute approximate surface area is 137 Å². The van der Waals surface area contributed by atoms with Crippen LogP contribution >= 0.6 is 12.4 Å². The summed E-state index contributed by atoms with van der Waals surface area (Å²) in [6.07, 6.45) is 7.78. The van der Waals surface area contributed by atoms with Crippen LogP contribution in [-0.2, 0) is 11.3 Å². The van der Waals surface area contributed by atoms with Gasteiger partial charge in [0.05, 0.1) is 5.69 Å². The van der Waals surface area contributed by atoms with Gasteiger partial charge >= 0.3 is 0 Å². The molecule has 1 fully saturated rings. The van der Waals surface area contributed by atoms with Crippen molar-refractivity contribution in [3.63, 3.8) is 0 Å². The Morgan fingerprint density at radius 1 is 1.32 bits per heavy atom. The van der Waals surface area contributed by atoms with Crippen molar-refractivity contribution in [2.24, 2.45) is 11.1 Å². The lowest BCUT2D eigenvalue weighted by Gasteiger charge is -2.35. The molecule has 1 aliphatic rings. The second kappa shape index (κ2) is 8.34. The third-order valence-corrected chi connectivity index (χ3v) is 4.49. The first kappa shape index (κ1) is 18.7. The van der Waals surface area contributed by atoms with E-state index in [1.54, 1.807) is 16.8 Å². The highest BCUT2D eigenvalue weighted by Gasteiger charge is 2.32. The normalized spacial score (nSPS) is 16.6. The van der Waals surface area contributed by atoms with Crippen LogP contribution < -0.4 is 16.6 Å². The summed E-state index contributed by atoms with van der Waals surface area (Å²) in [6, 6.07) is 3.14. The van der Waals surface area contributed by atoms with Gasteiger partial charge in [-0.2, -0.15) is 0 Å². The van der Waals surface area contributed by atoms with E-state index in [2.05, 4.69) is 5.32 Å². The van der Waals surface area contributed by atoms with E-state index in [0.717, 1.165) is 25.7 Å². The fraction of sp³-hybridized carbons (Fsp3) is 0.625. The summed E-state index contributed by atoms with van der Waals surface area (Å²) >= 11 is 0. The molecule has 6 heteroatoms. The monoisotopic (exact) mass is 327 g/mol. The van der Waals surface area contributed by atoms with E-state index in [4.69, 9.17) is 5.73 Å². The minimum Gasteiger partial charge on any atom is -0.330 e. The number of halogens is 1. The highest BCUT2D eigenvalue weighted by atomic mass is 35.5. The molecule has 0 radical (unpaired) electrons. The molecule has 1 amide bonds. The summed E-state index contributed by atoms with van der Waals surface area (Å²) < 4.78 is 1.58. The molecule has 0 bridgehead atoms. The van der Waals surface area contributed by atoms with Crippen molar-refractivity contribution >= 4 is 24.0 Å². The van der Waals surface area contributed by atoms with E-state index < -0.39 is 0 Å². The molecule has 1 heterocycles. The van der Waals surface area contributed by atoms with E-state index in [1.807, 2.05) is 6.92 Å². The number of pyridine rings is 1. The third kappa shape index (κ3) is 4.58. The molecule has 0 atom stereocenters. The summed E-state index contributed by atoms with van der Waals surface area (Å²) in [6.45, 7) is 3.06. The predicted octanol–water partition coefficient (Wildman–Crippen LogP) is 2.53. The molecule has 1 aromatic rings. The van der Waals surface area contributed by atoms with Crippen LogP contribution in [-0.4, -0.2) is 17.0 Å². The molecule has 1 saturated carbocycles. The number of aromatic nitrogens is 1. The number of nitrogens with zero attached hydrogens (tertiary/aromatic N) is 1. The Morgan fingerprint density at radius 2 is 2.00 bits per heavy atom. The van der Waals surface area contributed by atoms with Gasteiger partial charge in [0.2, 0.25) is 5.91 Å². The number of aryl methyl sites for hydroxylation is 1. The summed E-state index contributed by atoms with van der Waals surface area (Å²) in [4.78, 5) is 23.8. The maximum atomic E-state index is 12.3. The zero-order chi connectivity index (χ0) is 15.3. The number of amides is 1. The Bertz CT molecular complexity index is 551. The van der Waals surface area contributed by atoms with Crippen molar-refractivity contribution in [1.29, 1.82) is 0 Å². The molecule has 124 valence electrons. The lowest BCUT2D eigenvalue weighted by molar-refractivity contribution is -0.118. The lowest BCUT2D eigenvalue weighted by atomic mass is 9.71. The summed E-state index contributed by atoms with van der Waals surface area (Å²) in [5.74, 6) is -0.0105. The topological polar surface area (TPSA) is 77.1 Å². The Balaban J connectivity index is 0.00000242. The number of anilines is 1.